The van der Waals surface area contributed by atoms with Gasteiger partial charge in [-0.3, -0.25) is 4.79 Å². The lowest BCUT2D eigenvalue weighted by molar-refractivity contribution is -0.139. The molecule has 102 valence electrons. The van der Waals surface area contributed by atoms with Crippen molar-refractivity contribution in [2.24, 2.45) is 11.7 Å². The fourth-order valence-electron chi connectivity index (χ4n) is 2.00. The molecule has 1 atom stereocenters. The quantitative estimate of drug-likeness (QED) is 0.746. The Balaban J connectivity index is 4.97. The molecule has 0 bridgehead atoms. The van der Waals surface area contributed by atoms with Crippen molar-refractivity contribution in [2.75, 3.05) is 6.54 Å². The molecule has 0 aliphatic rings. The van der Waals surface area contributed by atoms with E-state index in [9.17, 15) is 4.79 Å². The van der Waals surface area contributed by atoms with Crippen molar-refractivity contribution in [2.45, 2.75) is 72.4 Å². The van der Waals surface area contributed by atoms with Crippen LogP contribution in [0.25, 0.3) is 0 Å². The fourth-order valence-corrected chi connectivity index (χ4v) is 2.00. The predicted octanol–water partition coefficient (Wildman–Crippen LogP) is 2.79. The van der Waals surface area contributed by atoms with Crippen LogP contribution in [0.5, 0.6) is 0 Å². The number of carbonyl (C=O) groups is 1. The molecule has 0 aromatic heterocycles. The number of hydrogen-bond donors (Lipinski definition) is 1. The molecule has 3 heteroatoms. The summed E-state index contributed by atoms with van der Waals surface area (Å²) in [6.45, 7) is 13.2. The average Bonchev–Trinajstić information content (AvgIpc) is 2.27. The van der Waals surface area contributed by atoms with Gasteiger partial charge >= 0.3 is 0 Å². The Morgan fingerprint density at radius 3 is 2.00 bits per heavy atom. The Labute approximate surface area is 107 Å². The summed E-state index contributed by atoms with van der Waals surface area (Å²) in [4.78, 5) is 14.5. The molecule has 2 N–H and O–H groups in total. The van der Waals surface area contributed by atoms with E-state index in [0.717, 1.165) is 19.4 Å². The van der Waals surface area contributed by atoms with Gasteiger partial charge in [-0.1, -0.05) is 34.6 Å². The molecular formula is C14H30N2O. The van der Waals surface area contributed by atoms with E-state index in [1.807, 2.05) is 18.7 Å². The Hall–Kier alpha value is -0.570. The van der Waals surface area contributed by atoms with Gasteiger partial charge in [0.15, 0.2) is 0 Å². The molecule has 0 heterocycles. The van der Waals surface area contributed by atoms with Crippen molar-refractivity contribution >= 4 is 5.91 Å². The molecule has 0 saturated carbocycles. The second kappa shape index (κ2) is 7.00. The molecule has 0 aromatic carbocycles. The molecule has 1 amide bonds. The number of amides is 1. The van der Waals surface area contributed by atoms with Crippen LogP contribution in [0.3, 0.4) is 0 Å². The summed E-state index contributed by atoms with van der Waals surface area (Å²) in [7, 11) is 0. The van der Waals surface area contributed by atoms with E-state index in [2.05, 4.69) is 27.7 Å². The van der Waals surface area contributed by atoms with E-state index in [-0.39, 0.29) is 5.91 Å². The SMILES string of the molecule is CCC(CC)N(CC(C)C)C(=O)C(C)(N)CC. The molecule has 1 unspecified atom stereocenters. The van der Waals surface area contributed by atoms with Gasteiger partial charge in [-0.05, 0) is 32.1 Å². The molecule has 0 aliphatic heterocycles. The van der Waals surface area contributed by atoms with Gasteiger partial charge in [-0.15, -0.1) is 0 Å². The molecule has 0 aromatic rings. The molecule has 0 saturated heterocycles. The molecule has 0 spiro atoms. The van der Waals surface area contributed by atoms with Gasteiger partial charge in [0, 0.05) is 12.6 Å². The van der Waals surface area contributed by atoms with Crippen molar-refractivity contribution in [3.8, 4) is 0 Å². The van der Waals surface area contributed by atoms with Gasteiger partial charge in [-0.25, -0.2) is 0 Å². The molecule has 0 fully saturated rings. The fraction of sp³-hybridized carbons (Fsp3) is 0.929. The maximum absolute atomic E-state index is 12.5. The average molecular weight is 242 g/mol. The number of nitrogens with two attached hydrogens (primary N) is 1. The number of nitrogens with zero attached hydrogens (tertiary/aromatic N) is 1. The minimum Gasteiger partial charge on any atom is -0.338 e. The van der Waals surface area contributed by atoms with Gasteiger partial charge in [0.2, 0.25) is 5.91 Å². The zero-order valence-corrected chi connectivity index (χ0v) is 12.4. The first kappa shape index (κ1) is 16.4. The van der Waals surface area contributed by atoms with Crippen LogP contribution >= 0.6 is 0 Å². The number of rotatable bonds is 7. The maximum atomic E-state index is 12.5. The highest BCUT2D eigenvalue weighted by atomic mass is 16.2. The molecule has 0 radical (unpaired) electrons. The lowest BCUT2D eigenvalue weighted by Crippen LogP contribution is -2.56. The zero-order chi connectivity index (χ0) is 13.6. The molecule has 3 nitrogen and oxygen atoms in total. The van der Waals surface area contributed by atoms with E-state index in [4.69, 9.17) is 5.73 Å². The number of carbonyl (C=O) groups excluding carboxylic acids is 1. The summed E-state index contributed by atoms with van der Waals surface area (Å²) in [5, 5.41) is 0. The smallest absolute Gasteiger partial charge is 0.242 e. The van der Waals surface area contributed by atoms with Crippen LogP contribution in [0, 0.1) is 5.92 Å². The Kier molecular flexibility index (Phi) is 6.76. The van der Waals surface area contributed by atoms with Crippen molar-refractivity contribution in [3.63, 3.8) is 0 Å². The second-order valence-electron chi connectivity index (χ2n) is 5.59. The summed E-state index contributed by atoms with van der Waals surface area (Å²) in [5.74, 6) is 0.578. The predicted molar refractivity (Wildman–Crippen MR) is 73.8 cm³/mol. The van der Waals surface area contributed by atoms with Crippen LogP contribution in [0.4, 0.5) is 0 Å². The lowest BCUT2D eigenvalue weighted by Gasteiger charge is -2.37. The van der Waals surface area contributed by atoms with Crippen molar-refractivity contribution in [3.05, 3.63) is 0 Å². The largest absolute Gasteiger partial charge is 0.338 e. The highest BCUT2D eigenvalue weighted by molar-refractivity contribution is 5.85. The minimum absolute atomic E-state index is 0.0994. The molecule has 0 rings (SSSR count). The first-order chi connectivity index (χ1) is 7.80. The third-order valence-electron chi connectivity index (χ3n) is 3.43. The number of hydrogen-bond acceptors (Lipinski definition) is 2. The van der Waals surface area contributed by atoms with Gasteiger partial charge in [0.25, 0.3) is 0 Å². The van der Waals surface area contributed by atoms with Crippen LogP contribution in [0.2, 0.25) is 0 Å². The highest BCUT2D eigenvalue weighted by Gasteiger charge is 2.33. The minimum atomic E-state index is -0.725. The van der Waals surface area contributed by atoms with E-state index >= 15 is 0 Å². The summed E-state index contributed by atoms with van der Waals surface area (Å²) in [5.41, 5.74) is 5.37. The summed E-state index contributed by atoms with van der Waals surface area (Å²) >= 11 is 0. The van der Waals surface area contributed by atoms with Crippen molar-refractivity contribution in [1.29, 1.82) is 0 Å². The standard InChI is InChI=1S/C14H30N2O/c1-7-12(8-2)16(10-11(4)5)13(17)14(6,15)9-3/h11-12H,7-10,15H2,1-6H3. The first-order valence-corrected chi connectivity index (χ1v) is 6.90. The Bertz CT molecular complexity index is 232. The van der Waals surface area contributed by atoms with E-state index < -0.39 is 5.54 Å². The Morgan fingerprint density at radius 1 is 1.24 bits per heavy atom. The monoisotopic (exact) mass is 242 g/mol. The van der Waals surface area contributed by atoms with Crippen molar-refractivity contribution < 1.29 is 4.79 Å². The van der Waals surface area contributed by atoms with E-state index in [1.54, 1.807) is 0 Å². The van der Waals surface area contributed by atoms with Crippen LogP contribution in [-0.2, 0) is 4.79 Å². The van der Waals surface area contributed by atoms with Crippen LogP contribution in [-0.4, -0.2) is 28.9 Å². The van der Waals surface area contributed by atoms with Gasteiger partial charge in [-0.2, -0.15) is 0 Å². The summed E-state index contributed by atoms with van der Waals surface area (Å²) in [6.07, 6.45) is 2.67. The van der Waals surface area contributed by atoms with Gasteiger partial charge in [0.1, 0.15) is 0 Å². The van der Waals surface area contributed by atoms with E-state index in [0.29, 0.717) is 18.4 Å². The summed E-state index contributed by atoms with van der Waals surface area (Å²) < 4.78 is 0. The highest BCUT2D eigenvalue weighted by Crippen LogP contribution is 2.18. The van der Waals surface area contributed by atoms with Gasteiger partial charge in [0.05, 0.1) is 5.54 Å². The van der Waals surface area contributed by atoms with E-state index in [1.165, 1.54) is 0 Å². The topological polar surface area (TPSA) is 46.3 Å². The normalized spacial score (nSPS) is 15.1. The second-order valence-corrected chi connectivity index (χ2v) is 5.59. The summed E-state index contributed by atoms with van der Waals surface area (Å²) in [6, 6.07) is 0.319. The lowest BCUT2D eigenvalue weighted by atomic mass is 9.95. The van der Waals surface area contributed by atoms with Gasteiger partial charge < -0.3 is 10.6 Å². The van der Waals surface area contributed by atoms with Crippen LogP contribution in [0.1, 0.15) is 60.8 Å². The maximum Gasteiger partial charge on any atom is 0.242 e. The third kappa shape index (κ3) is 4.66. The Morgan fingerprint density at radius 2 is 1.71 bits per heavy atom. The molecule has 0 aliphatic carbocycles. The molecule has 17 heavy (non-hydrogen) atoms. The third-order valence-corrected chi connectivity index (χ3v) is 3.43. The van der Waals surface area contributed by atoms with Crippen LogP contribution < -0.4 is 5.73 Å². The first-order valence-electron chi connectivity index (χ1n) is 6.90. The van der Waals surface area contributed by atoms with Crippen molar-refractivity contribution in [1.82, 2.24) is 4.90 Å². The zero-order valence-electron chi connectivity index (χ0n) is 12.4. The van der Waals surface area contributed by atoms with Crippen LogP contribution in [0.15, 0.2) is 0 Å². The molecular weight excluding hydrogens is 212 g/mol.